The number of hydrogen-bond donors (Lipinski definition) is 0. The number of ether oxygens (including phenoxy) is 2. The van der Waals surface area contributed by atoms with Crippen LogP contribution in [0.15, 0.2) is 0 Å². The molecule has 0 aromatic rings. The Morgan fingerprint density at radius 1 is 1.46 bits per heavy atom. The number of hydrogen-bond acceptors (Lipinski definition) is 3. The first-order valence-corrected chi connectivity index (χ1v) is 4.99. The normalized spacial score (nSPS) is 30.2. The Morgan fingerprint density at radius 3 is 2.69 bits per heavy atom. The lowest BCUT2D eigenvalue weighted by Crippen LogP contribution is -2.38. The quantitative estimate of drug-likeness (QED) is 0.658. The van der Waals surface area contributed by atoms with Gasteiger partial charge in [0, 0.05) is 13.7 Å². The first kappa shape index (κ1) is 11.0. The summed E-state index contributed by atoms with van der Waals surface area (Å²) < 4.78 is 11.0. The molecule has 13 heavy (non-hydrogen) atoms. The van der Waals surface area contributed by atoms with Gasteiger partial charge in [-0.05, 0) is 27.3 Å². The van der Waals surface area contributed by atoms with Crippen LogP contribution in [0, 0.1) is 0 Å². The number of rotatable bonds is 4. The summed E-state index contributed by atoms with van der Waals surface area (Å²) >= 11 is 0. The van der Waals surface area contributed by atoms with E-state index >= 15 is 0 Å². The Kier molecular flexibility index (Phi) is 4.16. The Balaban J connectivity index is 2.43. The molecule has 0 aliphatic carbocycles. The zero-order valence-electron chi connectivity index (χ0n) is 9.12. The van der Waals surface area contributed by atoms with E-state index in [1.807, 2.05) is 0 Å². The van der Waals surface area contributed by atoms with Gasteiger partial charge in [-0.3, -0.25) is 4.90 Å². The summed E-state index contributed by atoms with van der Waals surface area (Å²) in [4.78, 5) is 2.32. The molecule has 1 rings (SSSR count). The fourth-order valence-electron chi connectivity index (χ4n) is 1.89. The molecule has 2 unspecified atom stereocenters. The highest BCUT2D eigenvalue weighted by Crippen LogP contribution is 2.20. The van der Waals surface area contributed by atoms with Crippen molar-refractivity contribution < 1.29 is 9.47 Å². The lowest BCUT2D eigenvalue weighted by atomic mass is 10.2. The van der Waals surface area contributed by atoms with Crippen molar-refractivity contribution in [1.29, 1.82) is 0 Å². The molecule has 0 spiro atoms. The van der Waals surface area contributed by atoms with E-state index in [0.29, 0.717) is 18.2 Å². The van der Waals surface area contributed by atoms with Gasteiger partial charge in [0.15, 0.2) is 0 Å². The standard InChI is InChI=1S/C10H21NO2/c1-8(2)13-10-5-6-11(3)9(10)7-12-4/h8-10H,5-7H2,1-4H3. The van der Waals surface area contributed by atoms with Gasteiger partial charge in [-0.25, -0.2) is 0 Å². The fraction of sp³-hybridized carbons (Fsp3) is 1.00. The van der Waals surface area contributed by atoms with E-state index < -0.39 is 0 Å². The van der Waals surface area contributed by atoms with Crippen molar-refractivity contribution in [2.75, 3.05) is 27.3 Å². The summed E-state index contributed by atoms with van der Waals surface area (Å²) in [6.45, 7) is 6.06. The molecule has 1 saturated heterocycles. The molecule has 3 heteroatoms. The molecule has 0 amide bonds. The fourth-order valence-corrected chi connectivity index (χ4v) is 1.89. The van der Waals surface area contributed by atoms with Crippen LogP contribution >= 0.6 is 0 Å². The van der Waals surface area contributed by atoms with Gasteiger partial charge >= 0.3 is 0 Å². The van der Waals surface area contributed by atoms with E-state index in [0.717, 1.165) is 19.6 Å². The summed E-state index contributed by atoms with van der Waals surface area (Å²) in [5.74, 6) is 0. The van der Waals surface area contributed by atoms with Crippen molar-refractivity contribution in [3.05, 3.63) is 0 Å². The summed E-state index contributed by atoms with van der Waals surface area (Å²) in [5.41, 5.74) is 0. The highest BCUT2D eigenvalue weighted by molar-refractivity contribution is 4.86. The largest absolute Gasteiger partial charge is 0.383 e. The molecule has 2 atom stereocenters. The van der Waals surface area contributed by atoms with Crippen molar-refractivity contribution in [2.24, 2.45) is 0 Å². The highest BCUT2D eigenvalue weighted by Gasteiger charge is 2.32. The zero-order chi connectivity index (χ0) is 9.84. The third-order valence-corrected chi connectivity index (χ3v) is 2.55. The lowest BCUT2D eigenvalue weighted by molar-refractivity contribution is -0.0274. The van der Waals surface area contributed by atoms with Crippen LogP contribution in [0.2, 0.25) is 0 Å². The maximum Gasteiger partial charge on any atom is 0.0768 e. The maximum atomic E-state index is 5.83. The number of likely N-dealkylation sites (N-methyl/N-ethyl adjacent to an activating group) is 1. The predicted molar refractivity (Wildman–Crippen MR) is 52.9 cm³/mol. The van der Waals surface area contributed by atoms with Gasteiger partial charge in [0.25, 0.3) is 0 Å². The lowest BCUT2D eigenvalue weighted by Gasteiger charge is -2.25. The van der Waals surface area contributed by atoms with Gasteiger partial charge < -0.3 is 9.47 Å². The molecule has 0 N–H and O–H groups in total. The Hall–Kier alpha value is -0.120. The smallest absolute Gasteiger partial charge is 0.0768 e. The van der Waals surface area contributed by atoms with E-state index in [2.05, 4.69) is 25.8 Å². The number of methoxy groups -OCH3 is 1. The van der Waals surface area contributed by atoms with E-state index in [1.165, 1.54) is 0 Å². The Bertz CT molecular complexity index is 150. The van der Waals surface area contributed by atoms with E-state index in [4.69, 9.17) is 9.47 Å². The Morgan fingerprint density at radius 2 is 2.15 bits per heavy atom. The van der Waals surface area contributed by atoms with Crippen LogP contribution in [-0.2, 0) is 9.47 Å². The second-order valence-electron chi connectivity index (χ2n) is 4.02. The van der Waals surface area contributed by atoms with Crippen molar-refractivity contribution >= 4 is 0 Å². The monoisotopic (exact) mass is 187 g/mol. The molecule has 1 fully saturated rings. The second kappa shape index (κ2) is 4.94. The second-order valence-corrected chi connectivity index (χ2v) is 4.02. The van der Waals surface area contributed by atoms with Crippen LogP contribution in [0.1, 0.15) is 20.3 Å². The van der Waals surface area contributed by atoms with Crippen molar-refractivity contribution in [3.63, 3.8) is 0 Å². The number of nitrogens with zero attached hydrogens (tertiary/aromatic N) is 1. The maximum absolute atomic E-state index is 5.83. The molecule has 1 aliphatic heterocycles. The van der Waals surface area contributed by atoms with Crippen molar-refractivity contribution in [2.45, 2.75) is 38.5 Å². The predicted octanol–water partition coefficient (Wildman–Crippen LogP) is 1.13. The van der Waals surface area contributed by atoms with Gasteiger partial charge in [0.2, 0.25) is 0 Å². The third-order valence-electron chi connectivity index (χ3n) is 2.55. The van der Waals surface area contributed by atoms with Gasteiger partial charge in [0.05, 0.1) is 24.9 Å². The van der Waals surface area contributed by atoms with E-state index in [-0.39, 0.29) is 0 Å². The molecule has 0 radical (unpaired) electrons. The molecule has 1 heterocycles. The van der Waals surface area contributed by atoms with Gasteiger partial charge in [-0.15, -0.1) is 0 Å². The first-order valence-electron chi connectivity index (χ1n) is 4.99. The summed E-state index contributed by atoms with van der Waals surface area (Å²) in [7, 11) is 3.88. The molecular formula is C10H21NO2. The topological polar surface area (TPSA) is 21.7 Å². The SMILES string of the molecule is COCC1C(OC(C)C)CCN1C. The van der Waals surface area contributed by atoms with Crippen molar-refractivity contribution in [3.8, 4) is 0 Å². The Labute approximate surface area is 81.0 Å². The minimum atomic E-state index is 0.316. The van der Waals surface area contributed by atoms with Crippen LogP contribution in [-0.4, -0.2) is 50.5 Å². The van der Waals surface area contributed by atoms with Gasteiger partial charge in [-0.1, -0.05) is 0 Å². The highest BCUT2D eigenvalue weighted by atomic mass is 16.5. The first-order chi connectivity index (χ1) is 6.15. The van der Waals surface area contributed by atoms with Gasteiger partial charge in [-0.2, -0.15) is 0 Å². The van der Waals surface area contributed by atoms with E-state index in [9.17, 15) is 0 Å². The van der Waals surface area contributed by atoms with Crippen molar-refractivity contribution in [1.82, 2.24) is 4.90 Å². The van der Waals surface area contributed by atoms with Crippen LogP contribution in [0.5, 0.6) is 0 Å². The molecule has 1 aliphatic rings. The molecule has 78 valence electrons. The molecular weight excluding hydrogens is 166 g/mol. The van der Waals surface area contributed by atoms with Crippen LogP contribution in [0.3, 0.4) is 0 Å². The van der Waals surface area contributed by atoms with Crippen LogP contribution < -0.4 is 0 Å². The average Bonchev–Trinajstić information content (AvgIpc) is 2.35. The summed E-state index contributed by atoms with van der Waals surface area (Å²) in [6, 6.07) is 0.437. The zero-order valence-corrected chi connectivity index (χ0v) is 9.12. The molecule has 0 bridgehead atoms. The van der Waals surface area contributed by atoms with Crippen LogP contribution in [0.25, 0.3) is 0 Å². The summed E-state index contributed by atoms with van der Waals surface area (Å²) in [5, 5.41) is 0. The molecule has 0 aromatic carbocycles. The minimum absolute atomic E-state index is 0.316. The van der Waals surface area contributed by atoms with Crippen LogP contribution in [0.4, 0.5) is 0 Å². The number of likely N-dealkylation sites (tertiary alicyclic amines) is 1. The summed E-state index contributed by atoms with van der Waals surface area (Å²) in [6.07, 6.45) is 1.80. The van der Waals surface area contributed by atoms with E-state index in [1.54, 1.807) is 7.11 Å². The van der Waals surface area contributed by atoms with Gasteiger partial charge in [0.1, 0.15) is 0 Å². The third kappa shape index (κ3) is 2.93. The average molecular weight is 187 g/mol. The molecule has 0 saturated carbocycles. The molecule has 0 aromatic heterocycles. The minimum Gasteiger partial charge on any atom is -0.383 e. The molecule has 3 nitrogen and oxygen atoms in total.